The Bertz CT molecular complexity index is 596. The summed E-state index contributed by atoms with van der Waals surface area (Å²) in [5.74, 6) is 0.135. The van der Waals surface area contributed by atoms with Gasteiger partial charge in [0.25, 0.3) is 5.91 Å². The molecule has 7 heteroatoms. The Balaban J connectivity index is 2.14. The highest BCUT2D eigenvalue weighted by atomic mass is 32.1. The first-order chi connectivity index (χ1) is 9.49. The van der Waals surface area contributed by atoms with E-state index in [0.717, 1.165) is 10.8 Å². The van der Waals surface area contributed by atoms with Gasteiger partial charge in [-0.05, 0) is 12.1 Å². The van der Waals surface area contributed by atoms with Gasteiger partial charge >= 0.3 is 0 Å². The van der Waals surface area contributed by atoms with E-state index in [2.05, 4.69) is 9.97 Å². The minimum atomic E-state index is -0.140. The van der Waals surface area contributed by atoms with Gasteiger partial charge in [0.05, 0.1) is 12.2 Å². The number of pyridine rings is 1. The molecule has 2 aromatic heterocycles. The highest BCUT2D eigenvalue weighted by molar-refractivity contribution is 7.18. The molecule has 0 radical (unpaired) electrons. The zero-order valence-electron chi connectivity index (χ0n) is 11.7. The van der Waals surface area contributed by atoms with Crippen LogP contribution in [0.1, 0.15) is 15.4 Å². The molecule has 0 aliphatic rings. The predicted octanol–water partition coefficient (Wildman–Crippen LogP) is 1.46. The van der Waals surface area contributed by atoms with Crippen LogP contribution in [0, 0.1) is 0 Å². The molecule has 0 bridgehead atoms. The van der Waals surface area contributed by atoms with Crippen LogP contribution in [-0.4, -0.2) is 41.9 Å². The molecule has 0 aromatic carbocycles. The zero-order chi connectivity index (χ0) is 14.7. The van der Waals surface area contributed by atoms with E-state index in [1.165, 1.54) is 11.3 Å². The van der Waals surface area contributed by atoms with Gasteiger partial charge in [-0.1, -0.05) is 17.4 Å². The van der Waals surface area contributed by atoms with Crippen LogP contribution in [0.25, 0.3) is 0 Å². The molecule has 0 atom stereocenters. The van der Waals surface area contributed by atoms with Gasteiger partial charge in [0.1, 0.15) is 10.7 Å². The molecule has 20 heavy (non-hydrogen) atoms. The first-order valence-electron chi connectivity index (χ1n) is 6.08. The van der Waals surface area contributed by atoms with Crippen molar-refractivity contribution in [2.75, 3.05) is 31.8 Å². The van der Waals surface area contributed by atoms with Gasteiger partial charge < -0.3 is 15.5 Å². The minimum absolute atomic E-state index is 0.140. The van der Waals surface area contributed by atoms with E-state index in [4.69, 9.17) is 5.73 Å². The molecule has 106 valence electrons. The number of carbonyl (C=O) groups excluding carboxylic acids is 1. The molecule has 0 fully saturated rings. The summed E-state index contributed by atoms with van der Waals surface area (Å²) >= 11 is 1.29. The number of hydrogen-bond acceptors (Lipinski definition) is 6. The van der Waals surface area contributed by atoms with Crippen LogP contribution in [0.2, 0.25) is 0 Å². The van der Waals surface area contributed by atoms with Crippen LogP contribution >= 0.6 is 11.3 Å². The largest absolute Gasteiger partial charge is 0.382 e. The Morgan fingerprint density at radius 1 is 1.35 bits per heavy atom. The third kappa shape index (κ3) is 3.05. The zero-order valence-corrected chi connectivity index (χ0v) is 12.5. The summed E-state index contributed by atoms with van der Waals surface area (Å²) in [6.07, 6.45) is 1.71. The van der Waals surface area contributed by atoms with Crippen molar-refractivity contribution in [2.24, 2.45) is 0 Å². The lowest BCUT2D eigenvalue weighted by Crippen LogP contribution is -2.26. The van der Waals surface area contributed by atoms with Crippen molar-refractivity contribution < 1.29 is 4.79 Å². The second kappa shape index (κ2) is 5.87. The number of amides is 1. The van der Waals surface area contributed by atoms with Crippen LogP contribution < -0.4 is 10.6 Å². The summed E-state index contributed by atoms with van der Waals surface area (Å²) in [5.41, 5.74) is 6.65. The molecule has 0 aliphatic carbocycles. The number of anilines is 2. The molecule has 1 amide bonds. The number of carbonyl (C=O) groups is 1. The second-order valence-electron chi connectivity index (χ2n) is 4.59. The fourth-order valence-corrected chi connectivity index (χ4v) is 2.55. The molecule has 0 saturated carbocycles. The average molecular weight is 291 g/mol. The normalized spacial score (nSPS) is 10.3. The number of rotatable bonds is 4. The number of aromatic nitrogens is 2. The van der Waals surface area contributed by atoms with Crippen molar-refractivity contribution in [3.05, 3.63) is 35.0 Å². The van der Waals surface area contributed by atoms with Crippen molar-refractivity contribution in [1.82, 2.24) is 14.9 Å². The Labute approximate surface area is 121 Å². The second-order valence-corrected chi connectivity index (χ2v) is 5.57. The van der Waals surface area contributed by atoms with E-state index in [1.807, 2.05) is 37.2 Å². The van der Waals surface area contributed by atoms with Gasteiger partial charge in [0, 0.05) is 27.3 Å². The maximum absolute atomic E-state index is 12.4. The van der Waals surface area contributed by atoms with Gasteiger partial charge in [0.15, 0.2) is 5.13 Å². The van der Waals surface area contributed by atoms with Crippen molar-refractivity contribution in [2.45, 2.75) is 6.54 Å². The Kier molecular flexibility index (Phi) is 4.19. The van der Waals surface area contributed by atoms with Gasteiger partial charge in [-0.2, -0.15) is 0 Å². The maximum atomic E-state index is 12.4. The number of nitrogen functional groups attached to an aromatic ring is 1. The van der Waals surface area contributed by atoms with E-state index in [0.29, 0.717) is 11.4 Å². The van der Waals surface area contributed by atoms with E-state index in [9.17, 15) is 4.79 Å². The summed E-state index contributed by atoms with van der Waals surface area (Å²) in [6, 6.07) is 5.62. The Morgan fingerprint density at radius 2 is 2.10 bits per heavy atom. The van der Waals surface area contributed by atoms with Gasteiger partial charge in [-0.3, -0.25) is 9.78 Å². The van der Waals surface area contributed by atoms with Gasteiger partial charge in [-0.15, -0.1) is 0 Å². The van der Waals surface area contributed by atoms with Crippen LogP contribution in [0.5, 0.6) is 0 Å². The van der Waals surface area contributed by atoms with Crippen LogP contribution in [0.3, 0.4) is 0 Å². The van der Waals surface area contributed by atoms with Crippen molar-refractivity contribution in [3.63, 3.8) is 0 Å². The quantitative estimate of drug-likeness (QED) is 0.923. The number of nitrogens with two attached hydrogens (primary N) is 1. The van der Waals surface area contributed by atoms with Gasteiger partial charge in [0.2, 0.25) is 0 Å². The average Bonchev–Trinajstić information content (AvgIpc) is 2.81. The monoisotopic (exact) mass is 291 g/mol. The van der Waals surface area contributed by atoms with E-state index < -0.39 is 0 Å². The first kappa shape index (κ1) is 14.3. The third-order valence-corrected chi connectivity index (χ3v) is 3.92. The summed E-state index contributed by atoms with van der Waals surface area (Å²) < 4.78 is 0. The first-order valence-corrected chi connectivity index (χ1v) is 6.89. The van der Waals surface area contributed by atoms with Gasteiger partial charge in [-0.25, -0.2) is 4.98 Å². The number of nitrogens with zero attached hydrogens (tertiary/aromatic N) is 4. The lowest BCUT2D eigenvalue weighted by molar-refractivity contribution is 0.0789. The smallest absolute Gasteiger partial charge is 0.267 e. The van der Waals surface area contributed by atoms with E-state index in [1.54, 1.807) is 18.1 Å². The Morgan fingerprint density at radius 3 is 2.65 bits per heavy atom. The summed E-state index contributed by atoms with van der Waals surface area (Å²) in [7, 11) is 5.46. The molecule has 0 spiro atoms. The molecular weight excluding hydrogens is 274 g/mol. The summed E-state index contributed by atoms with van der Waals surface area (Å²) in [6.45, 7) is 0.439. The molecular formula is C13H17N5OS. The van der Waals surface area contributed by atoms with Crippen LogP contribution in [0.4, 0.5) is 10.9 Å². The minimum Gasteiger partial charge on any atom is -0.382 e. The summed E-state index contributed by atoms with van der Waals surface area (Å²) in [4.78, 5) is 24.6. The lowest BCUT2D eigenvalue weighted by atomic mass is 10.3. The molecule has 2 N–H and O–H groups in total. The highest BCUT2D eigenvalue weighted by Crippen LogP contribution is 2.27. The standard InChI is InChI=1S/C13H17N5OS/c1-17(2)13-16-11(14)10(20-13)12(19)18(3)8-9-6-4-5-7-15-9/h4-7H,8,14H2,1-3H3. The van der Waals surface area contributed by atoms with E-state index >= 15 is 0 Å². The molecule has 2 heterocycles. The third-order valence-electron chi connectivity index (χ3n) is 2.69. The molecule has 0 saturated heterocycles. The molecule has 2 rings (SSSR count). The van der Waals surface area contributed by atoms with Crippen molar-refractivity contribution in [1.29, 1.82) is 0 Å². The topological polar surface area (TPSA) is 75.4 Å². The SMILES string of the molecule is CN(Cc1ccccn1)C(=O)c1sc(N(C)C)nc1N. The predicted molar refractivity (Wildman–Crippen MR) is 80.9 cm³/mol. The Hall–Kier alpha value is -2.15. The van der Waals surface area contributed by atoms with Crippen LogP contribution in [-0.2, 0) is 6.54 Å². The highest BCUT2D eigenvalue weighted by Gasteiger charge is 2.20. The number of thiazole rings is 1. The molecule has 2 aromatic rings. The summed E-state index contributed by atoms with van der Waals surface area (Å²) in [5, 5.41) is 0.720. The van der Waals surface area contributed by atoms with Crippen LogP contribution in [0.15, 0.2) is 24.4 Å². The van der Waals surface area contributed by atoms with Crippen molar-refractivity contribution in [3.8, 4) is 0 Å². The fourth-order valence-electron chi connectivity index (χ4n) is 1.64. The number of hydrogen-bond donors (Lipinski definition) is 1. The van der Waals surface area contributed by atoms with E-state index in [-0.39, 0.29) is 11.7 Å². The maximum Gasteiger partial charge on any atom is 0.267 e. The van der Waals surface area contributed by atoms with Crippen molar-refractivity contribution >= 4 is 28.2 Å². The molecule has 0 unspecified atom stereocenters. The lowest BCUT2D eigenvalue weighted by Gasteiger charge is -2.15. The molecule has 6 nitrogen and oxygen atoms in total. The fraction of sp³-hybridized carbons (Fsp3) is 0.308. The molecule has 0 aliphatic heterocycles.